The van der Waals surface area contributed by atoms with Crippen LogP contribution in [0.2, 0.25) is 0 Å². The van der Waals surface area contributed by atoms with E-state index < -0.39 is 5.60 Å². The number of anilines is 1. The summed E-state index contributed by atoms with van der Waals surface area (Å²) in [6.45, 7) is 5.28. The van der Waals surface area contributed by atoms with Crippen LogP contribution in [0.25, 0.3) is 0 Å². The van der Waals surface area contributed by atoms with E-state index in [1.165, 1.54) is 0 Å². The summed E-state index contributed by atoms with van der Waals surface area (Å²) in [5, 5.41) is 10.4. The molecular weight excluding hydrogens is 310 g/mol. The van der Waals surface area contributed by atoms with Crippen molar-refractivity contribution in [2.75, 3.05) is 37.9 Å². The summed E-state index contributed by atoms with van der Waals surface area (Å²) in [5.74, 6) is 0. The predicted molar refractivity (Wildman–Crippen MR) is 76.5 cm³/mol. The predicted octanol–water partition coefficient (Wildman–Crippen LogP) is 1.89. The molecule has 0 amide bonds. The third-order valence-electron chi connectivity index (χ3n) is 3.80. The Balaban J connectivity index is 1.93. The van der Waals surface area contributed by atoms with Crippen molar-refractivity contribution in [3.8, 4) is 0 Å². The number of halogens is 1. The van der Waals surface area contributed by atoms with Gasteiger partial charge in [0.1, 0.15) is 5.60 Å². The fraction of sp³-hybridized carbons (Fsp3) is 0.571. The molecule has 2 aliphatic heterocycles. The molecule has 1 atom stereocenters. The number of nitrogens with zero attached hydrogens (tertiary/aromatic N) is 1. The summed E-state index contributed by atoms with van der Waals surface area (Å²) < 4.78 is 11.6. The molecule has 0 bridgehead atoms. The van der Waals surface area contributed by atoms with Gasteiger partial charge in [0.15, 0.2) is 0 Å². The molecule has 1 aromatic carbocycles. The fourth-order valence-corrected chi connectivity index (χ4v) is 3.06. The van der Waals surface area contributed by atoms with E-state index in [1.54, 1.807) is 0 Å². The highest BCUT2D eigenvalue weighted by Crippen LogP contribution is 2.35. The van der Waals surface area contributed by atoms with Crippen LogP contribution < -0.4 is 4.90 Å². The quantitative estimate of drug-likeness (QED) is 0.900. The number of morpholine rings is 1. The number of aliphatic hydroxyl groups is 1. The fourth-order valence-electron chi connectivity index (χ4n) is 2.58. The molecule has 5 heteroatoms. The first-order valence-corrected chi connectivity index (χ1v) is 7.33. The molecule has 2 fully saturated rings. The number of benzene rings is 1. The minimum atomic E-state index is -0.825. The highest BCUT2D eigenvalue weighted by molar-refractivity contribution is 9.10. The van der Waals surface area contributed by atoms with Crippen LogP contribution in [0.3, 0.4) is 0 Å². The van der Waals surface area contributed by atoms with Crippen molar-refractivity contribution in [3.05, 3.63) is 28.2 Å². The molecule has 2 heterocycles. The maximum atomic E-state index is 10.4. The Bertz CT molecular complexity index is 476. The maximum Gasteiger partial charge on any atom is 0.136 e. The lowest BCUT2D eigenvalue weighted by Gasteiger charge is -2.39. The summed E-state index contributed by atoms with van der Waals surface area (Å²) >= 11 is 3.54. The largest absolute Gasteiger partial charge is 0.380 e. The van der Waals surface area contributed by atoms with Crippen LogP contribution >= 0.6 is 15.9 Å². The van der Waals surface area contributed by atoms with Crippen molar-refractivity contribution in [3.63, 3.8) is 0 Å². The van der Waals surface area contributed by atoms with Gasteiger partial charge in [0, 0.05) is 22.7 Å². The van der Waals surface area contributed by atoms with Gasteiger partial charge in [0.05, 0.1) is 26.4 Å². The second-order valence-corrected chi connectivity index (χ2v) is 6.26. The number of ether oxygens (including phenoxy) is 2. The van der Waals surface area contributed by atoms with Crippen LogP contribution in [-0.4, -0.2) is 44.1 Å². The second kappa shape index (κ2) is 5.05. The van der Waals surface area contributed by atoms with Crippen LogP contribution in [-0.2, 0) is 15.1 Å². The molecule has 104 valence electrons. The average Bonchev–Trinajstić information content (AvgIpc) is 2.35. The van der Waals surface area contributed by atoms with E-state index in [0.717, 1.165) is 35.5 Å². The third kappa shape index (κ3) is 2.52. The summed E-state index contributed by atoms with van der Waals surface area (Å²) in [5.41, 5.74) is 1.22. The topological polar surface area (TPSA) is 41.9 Å². The molecule has 0 aromatic heterocycles. The van der Waals surface area contributed by atoms with Gasteiger partial charge in [-0.3, -0.25) is 0 Å². The van der Waals surface area contributed by atoms with Gasteiger partial charge in [-0.15, -0.1) is 0 Å². The lowest BCUT2D eigenvalue weighted by molar-refractivity contribution is -0.184. The highest BCUT2D eigenvalue weighted by atomic mass is 79.9. The molecule has 2 saturated heterocycles. The average molecular weight is 328 g/mol. The van der Waals surface area contributed by atoms with Gasteiger partial charge in [0.25, 0.3) is 0 Å². The van der Waals surface area contributed by atoms with Crippen molar-refractivity contribution in [2.45, 2.75) is 18.6 Å². The van der Waals surface area contributed by atoms with Crippen molar-refractivity contribution in [2.24, 2.45) is 0 Å². The lowest BCUT2D eigenvalue weighted by atomic mass is 9.91. The van der Waals surface area contributed by atoms with E-state index in [1.807, 2.05) is 6.07 Å². The van der Waals surface area contributed by atoms with E-state index in [2.05, 4.69) is 39.9 Å². The Morgan fingerprint density at radius 2 is 2.11 bits per heavy atom. The summed E-state index contributed by atoms with van der Waals surface area (Å²) in [6, 6.07) is 6.48. The molecule has 1 aromatic rings. The molecule has 0 aliphatic carbocycles. The summed E-state index contributed by atoms with van der Waals surface area (Å²) in [6.07, 6.45) is 0. The van der Waals surface area contributed by atoms with Gasteiger partial charge >= 0.3 is 0 Å². The molecule has 4 nitrogen and oxygen atoms in total. The first kappa shape index (κ1) is 13.4. The summed E-state index contributed by atoms with van der Waals surface area (Å²) in [4.78, 5) is 2.32. The summed E-state index contributed by atoms with van der Waals surface area (Å²) in [7, 11) is 0. The molecule has 3 rings (SSSR count). The number of hydrogen-bond donors (Lipinski definition) is 1. The Hall–Kier alpha value is -0.620. The molecule has 1 N–H and O–H groups in total. The molecule has 0 saturated carbocycles. The van der Waals surface area contributed by atoms with Gasteiger partial charge in [0.2, 0.25) is 0 Å². The van der Waals surface area contributed by atoms with Crippen LogP contribution in [0.5, 0.6) is 0 Å². The molecule has 2 aliphatic rings. The number of hydrogen-bond acceptors (Lipinski definition) is 4. The molecular formula is C14H18BrNO3. The van der Waals surface area contributed by atoms with Gasteiger partial charge < -0.3 is 19.5 Å². The van der Waals surface area contributed by atoms with Gasteiger partial charge in [-0.1, -0.05) is 15.9 Å². The van der Waals surface area contributed by atoms with Crippen molar-refractivity contribution in [1.29, 1.82) is 0 Å². The Labute approximate surface area is 121 Å². The molecule has 1 unspecified atom stereocenters. The maximum absolute atomic E-state index is 10.4. The van der Waals surface area contributed by atoms with E-state index >= 15 is 0 Å². The zero-order chi connectivity index (χ0) is 13.5. The van der Waals surface area contributed by atoms with Gasteiger partial charge in [-0.05, 0) is 30.7 Å². The van der Waals surface area contributed by atoms with E-state index in [9.17, 15) is 5.11 Å². The first-order chi connectivity index (χ1) is 9.08. The minimum Gasteiger partial charge on any atom is -0.380 e. The molecule has 19 heavy (non-hydrogen) atoms. The molecule has 0 spiro atoms. The zero-order valence-corrected chi connectivity index (χ0v) is 12.5. The van der Waals surface area contributed by atoms with E-state index in [-0.39, 0.29) is 0 Å². The van der Waals surface area contributed by atoms with Gasteiger partial charge in [-0.25, -0.2) is 0 Å². The minimum absolute atomic E-state index is 0.350. The Morgan fingerprint density at radius 1 is 1.32 bits per heavy atom. The van der Waals surface area contributed by atoms with Crippen LogP contribution in [0.4, 0.5) is 5.69 Å². The SMILES string of the molecule is CC1COCCN1c1cc(Br)cc(C2(O)COC2)c1. The monoisotopic (exact) mass is 327 g/mol. The zero-order valence-electron chi connectivity index (χ0n) is 10.9. The van der Waals surface area contributed by atoms with Crippen molar-refractivity contribution < 1.29 is 14.6 Å². The van der Waals surface area contributed by atoms with Gasteiger partial charge in [-0.2, -0.15) is 0 Å². The van der Waals surface area contributed by atoms with Crippen LogP contribution in [0.15, 0.2) is 22.7 Å². The number of rotatable bonds is 2. The normalized spacial score (nSPS) is 26.1. The first-order valence-electron chi connectivity index (χ1n) is 6.54. The van der Waals surface area contributed by atoms with Crippen LogP contribution in [0.1, 0.15) is 12.5 Å². The Morgan fingerprint density at radius 3 is 2.74 bits per heavy atom. The highest BCUT2D eigenvalue weighted by Gasteiger charge is 2.38. The molecule has 0 radical (unpaired) electrons. The van der Waals surface area contributed by atoms with Crippen molar-refractivity contribution >= 4 is 21.6 Å². The van der Waals surface area contributed by atoms with E-state index in [0.29, 0.717) is 19.3 Å². The third-order valence-corrected chi connectivity index (χ3v) is 4.26. The standard InChI is InChI=1S/C14H18BrNO3/c1-10-7-18-3-2-16(10)13-5-11(4-12(15)6-13)14(17)8-19-9-14/h4-6,10,17H,2-3,7-9H2,1H3. The smallest absolute Gasteiger partial charge is 0.136 e. The lowest BCUT2D eigenvalue weighted by Crippen LogP contribution is -2.47. The Kier molecular flexibility index (Phi) is 3.55. The second-order valence-electron chi connectivity index (χ2n) is 5.34. The van der Waals surface area contributed by atoms with Crippen molar-refractivity contribution in [1.82, 2.24) is 0 Å². The van der Waals surface area contributed by atoms with E-state index in [4.69, 9.17) is 9.47 Å². The van der Waals surface area contributed by atoms with Crippen LogP contribution in [0, 0.1) is 0 Å².